The second-order valence-electron chi connectivity index (χ2n) is 4.64. The van der Waals surface area contributed by atoms with Gasteiger partial charge in [0.05, 0.1) is 11.4 Å². The van der Waals surface area contributed by atoms with Crippen molar-refractivity contribution in [3.63, 3.8) is 0 Å². The van der Waals surface area contributed by atoms with Crippen molar-refractivity contribution < 1.29 is 19.4 Å². The number of carbonyl (C=O) groups is 2. The Bertz CT molecular complexity index is 717. The molecule has 2 rings (SSSR count). The Morgan fingerprint density at radius 1 is 1.04 bits per heavy atom. The first kappa shape index (κ1) is 17.1. The van der Waals surface area contributed by atoms with Crippen molar-refractivity contribution in [1.29, 1.82) is 0 Å². The molecule has 0 spiro atoms. The number of halogens is 2. The first-order chi connectivity index (χ1) is 10.9. The zero-order valence-electron chi connectivity index (χ0n) is 11.9. The third-order valence-corrected chi connectivity index (χ3v) is 3.36. The van der Waals surface area contributed by atoms with Gasteiger partial charge in [-0.05, 0) is 42.5 Å². The molecule has 7 heteroatoms. The minimum Gasteiger partial charge on any atom is -0.481 e. The van der Waals surface area contributed by atoms with E-state index in [9.17, 15) is 9.59 Å². The van der Waals surface area contributed by atoms with Crippen LogP contribution in [0.4, 0.5) is 5.69 Å². The van der Waals surface area contributed by atoms with Crippen molar-refractivity contribution >= 4 is 40.8 Å². The summed E-state index contributed by atoms with van der Waals surface area (Å²) in [5.74, 6) is -0.363. The average molecular weight is 354 g/mol. The molecule has 0 atom stereocenters. The standard InChI is InChI=1S/C16H13Cl2NO4/c17-10-1-6-14(13(18)9-10)23-12-4-2-11(3-5-12)19-15(20)7-8-16(21)22/h1-6,9H,7-8H2,(H,19,20)(H,21,22). The Balaban J connectivity index is 1.96. The first-order valence-electron chi connectivity index (χ1n) is 6.68. The van der Waals surface area contributed by atoms with Crippen molar-refractivity contribution in [1.82, 2.24) is 0 Å². The van der Waals surface area contributed by atoms with E-state index in [0.29, 0.717) is 27.2 Å². The minimum atomic E-state index is -1.01. The third kappa shape index (κ3) is 5.47. The zero-order chi connectivity index (χ0) is 16.8. The summed E-state index contributed by atoms with van der Waals surface area (Å²) in [4.78, 5) is 21.9. The number of hydrogen-bond acceptors (Lipinski definition) is 3. The number of amides is 1. The Hall–Kier alpha value is -2.24. The van der Waals surface area contributed by atoms with Gasteiger partial charge in [-0.15, -0.1) is 0 Å². The molecule has 23 heavy (non-hydrogen) atoms. The number of nitrogens with one attached hydrogen (secondary N) is 1. The third-order valence-electron chi connectivity index (χ3n) is 2.83. The fourth-order valence-electron chi connectivity index (χ4n) is 1.74. The van der Waals surface area contributed by atoms with Crippen LogP contribution in [0.3, 0.4) is 0 Å². The summed E-state index contributed by atoms with van der Waals surface area (Å²) in [6.45, 7) is 0. The Labute approximate surface area is 142 Å². The molecule has 1 amide bonds. The molecule has 0 fully saturated rings. The Morgan fingerprint density at radius 3 is 2.35 bits per heavy atom. The molecule has 0 bridgehead atoms. The van der Waals surface area contributed by atoms with Crippen LogP contribution in [-0.4, -0.2) is 17.0 Å². The van der Waals surface area contributed by atoms with E-state index in [1.165, 1.54) is 0 Å². The normalized spacial score (nSPS) is 10.2. The summed E-state index contributed by atoms with van der Waals surface area (Å²) in [6, 6.07) is 11.5. The van der Waals surface area contributed by atoms with Gasteiger partial charge < -0.3 is 15.2 Å². The summed E-state index contributed by atoms with van der Waals surface area (Å²) < 4.78 is 5.62. The highest BCUT2D eigenvalue weighted by Gasteiger charge is 2.07. The van der Waals surface area contributed by atoms with E-state index in [1.807, 2.05) is 0 Å². The fraction of sp³-hybridized carbons (Fsp3) is 0.125. The molecule has 0 aromatic heterocycles. The quantitative estimate of drug-likeness (QED) is 0.796. The fourth-order valence-corrected chi connectivity index (χ4v) is 2.18. The SMILES string of the molecule is O=C(O)CCC(=O)Nc1ccc(Oc2ccc(Cl)cc2Cl)cc1. The summed E-state index contributed by atoms with van der Waals surface area (Å²) in [7, 11) is 0. The molecule has 0 aliphatic heterocycles. The van der Waals surface area contributed by atoms with Gasteiger partial charge in [0.25, 0.3) is 0 Å². The van der Waals surface area contributed by atoms with Crippen molar-refractivity contribution in [3.05, 3.63) is 52.5 Å². The molecule has 0 saturated heterocycles. The van der Waals surface area contributed by atoms with Crippen molar-refractivity contribution in [2.45, 2.75) is 12.8 Å². The molecule has 0 unspecified atom stereocenters. The smallest absolute Gasteiger partial charge is 0.303 e. The van der Waals surface area contributed by atoms with Gasteiger partial charge in [-0.25, -0.2) is 0 Å². The number of anilines is 1. The lowest BCUT2D eigenvalue weighted by Gasteiger charge is -2.09. The molecule has 0 aliphatic rings. The van der Waals surface area contributed by atoms with Gasteiger partial charge in [0.2, 0.25) is 5.91 Å². The molecule has 5 nitrogen and oxygen atoms in total. The predicted molar refractivity (Wildman–Crippen MR) is 88.5 cm³/mol. The van der Waals surface area contributed by atoms with Crippen LogP contribution in [0, 0.1) is 0 Å². The number of benzene rings is 2. The number of carboxylic acids is 1. The maximum atomic E-state index is 11.5. The number of rotatable bonds is 6. The highest BCUT2D eigenvalue weighted by atomic mass is 35.5. The zero-order valence-corrected chi connectivity index (χ0v) is 13.4. The summed E-state index contributed by atoms with van der Waals surface area (Å²) >= 11 is 11.8. The second-order valence-corrected chi connectivity index (χ2v) is 5.49. The lowest BCUT2D eigenvalue weighted by molar-refractivity contribution is -0.138. The van der Waals surface area contributed by atoms with E-state index in [2.05, 4.69) is 5.32 Å². The predicted octanol–water partition coefficient (Wildman–Crippen LogP) is 4.59. The van der Waals surface area contributed by atoms with Gasteiger partial charge in [-0.3, -0.25) is 9.59 Å². The molecule has 2 N–H and O–H groups in total. The van der Waals surface area contributed by atoms with Gasteiger partial charge in [0.15, 0.2) is 0 Å². The summed E-state index contributed by atoms with van der Waals surface area (Å²) in [5.41, 5.74) is 0.551. The molecule has 0 saturated carbocycles. The molecule has 2 aromatic rings. The van der Waals surface area contributed by atoms with Crippen LogP contribution >= 0.6 is 23.2 Å². The van der Waals surface area contributed by atoms with Crippen molar-refractivity contribution in [3.8, 4) is 11.5 Å². The highest BCUT2D eigenvalue weighted by Crippen LogP contribution is 2.31. The van der Waals surface area contributed by atoms with Gasteiger partial charge in [0.1, 0.15) is 11.5 Å². The minimum absolute atomic E-state index is 0.0754. The van der Waals surface area contributed by atoms with Gasteiger partial charge in [0, 0.05) is 17.1 Å². The van der Waals surface area contributed by atoms with Crippen LogP contribution in [0.2, 0.25) is 10.0 Å². The van der Waals surface area contributed by atoms with E-state index in [0.717, 1.165) is 0 Å². The number of carbonyl (C=O) groups excluding carboxylic acids is 1. The average Bonchev–Trinajstić information content (AvgIpc) is 2.50. The molecule has 2 aromatic carbocycles. The van der Waals surface area contributed by atoms with Gasteiger partial charge in [-0.2, -0.15) is 0 Å². The summed E-state index contributed by atoms with van der Waals surface area (Å²) in [5, 5.41) is 12.0. The maximum absolute atomic E-state index is 11.5. The van der Waals surface area contributed by atoms with Gasteiger partial charge in [-0.1, -0.05) is 23.2 Å². The monoisotopic (exact) mass is 353 g/mol. The second kappa shape index (κ2) is 7.85. The number of carboxylic acid groups (broad SMARTS) is 1. The van der Waals surface area contributed by atoms with E-state index < -0.39 is 5.97 Å². The van der Waals surface area contributed by atoms with Crippen LogP contribution in [0.25, 0.3) is 0 Å². The van der Waals surface area contributed by atoms with E-state index in [1.54, 1.807) is 42.5 Å². The topological polar surface area (TPSA) is 75.6 Å². The van der Waals surface area contributed by atoms with Crippen molar-refractivity contribution in [2.24, 2.45) is 0 Å². The number of hydrogen-bond donors (Lipinski definition) is 2. The van der Waals surface area contributed by atoms with E-state index in [-0.39, 0.29) is 18.7 Å². The highest BCUT2D eigenvalue weighted by molar-refractivity contribution is 6.35. The van der Waals surface area contributed by atoms with Crippen LogP contribution < -0.4 is 10.1 Å². The Kier molecular flexibility index (Phi) is 5.84. The van der Waals surface area contributed by atoms with Crippen LogP contribution in [0.5, 0.6) is 11.5 Å². The molecule has 0 aliphatic carbocycles. The van der Waals surface area contributed by atoms with Crippen LogP contribution in [0.15, 0.2) is 42.5 Å². The lowest BCUT2D eigenvalue weighted by atomic mass is 10.2. The van der Waals surface area contributed by atoms with Crippen molar-refractivity contribution in [2.75, 3.05) is 5.32 Å². The molecule has 120 valence electrons. The van der Waals surface area contributed by atoms with Crippen LogP contribution in [0.1, 0.15) is 12.8 Å². The largest absolute Gasteiger partial charge is 0.481 e. The van der Waals surface area contributed by atoms with Gasteiger partial charge >= 0.3 is 5.97 Å². The molecule has 0 radical (unpaired) electrons. The Morgan fingerprint density at radius 2 is 1.74 bits per heavy atom. The lowest BCUT2D eigenvalue weighted by Crippen LogP contribution is -2.12. The van der Waals surface area contributed by atoms with E-state index in [4.69, 9.17) is 33.0 Å². The molecular formula is C16H13Cl2NO4. The van der Waals surface area contributed by atoms with E-state index >= 15 is 0 Å². The molecule has 0 heterocycles. The first-order valence-corrected chi connectivity index (χ1v) is 7.44. The summed E-state index contributed by atoms with van der Waals surface area (Å²) in [6.07, 6.45) is -0.282. The van der Waals surface area contributed by atoms with Crippen LogP contribution in [-0.2, 0) is 9.59 Å². The number of ether oxygens (including phenoxy) is 1. The number of aliphatic carboxylic acids is 1. The maximum Gasteiger partial charge on any atom is 0.303 e. The molecular weight excluding hydrogens is 341 g/mol.